The van der Waals surface area contributed by atoms with Gasteiger partial charge in [-0.15, -0.1) is 0 Å². The number of para-hydroxylation sites is 1. The Labute approximate surface area is 119 Å². The maximum Gasteiger partial charge on any atom is 0.140 e. The van der Waals surface area contributed by atoms with Gasteiger partial charge in [-0.1, -0.05) is 30.3 Å². The molecular weight excluding hydrogens is 258 g/mol. The highest BCUT2D eigenvalue weighted by Gasteiger charge is 2.06. The fourth-order valence-corrected chi connectivity index (χ4v) is 2.43. The Morgan fingerprint density at radius 1 is 1.32 bits per heavy atom. The zero-order valence-electron chi connectivity index (χ0n) is 11.5. The third kappa shape index (κ3) is 6.38. The van der Waals surface area contributed by atoms with Crippen molar-refractivity contribution >= 4 is 23.3 Å². The lowest BCUT2D eigenvalue weighted by molar-refractivity contribution is 0.317. The van der Waals surface area contributed by atoms with Crippen LogP contribution in [0, 0.1) is 0 Å². The summed E-state index contributed by atoms with van der Waals surface area (Å²) in [5.41, 5.74) is 6.73. The first kappa shape index (κ1) is 15.7. The van der Waals surface area contributed by atoms with Crippen LogP contribution in [-0.2, 0) is 0 Å². The third-order valence-corrected chi connectivity index (χ3v) is 3.79. The Hall–Kier alpha value is -1.36. The molecule has 0 spiro atoms. The zero-order chi connectivity index (χ0) is 13.9. The van der Waals surface area contributed by atoms with Gasteiger partial charge in [0, 0.05) is 25.2 Å². The van der Waals surface area contributed by atoms with Gasteiger partial charge in [0.05, 0.1) is 0 Å². The lowest BCUT2D eigenvalue weighted by Crippen LogP contribution is -2.29. The first-order valence-corrected chi connectivity index (χ1v) is 7.77. The van der Waals surface area contributed by atoms with Crippen molar-refractivity contribution in [3.8, 4) is 0 Å². The van der Waals surface area contributed by atoms with E-state index in [1.807, 2.05) is 30.0 Å². The molecule has 0 heterocycles. The summed E-state index contributed by atoms with van der Waals surface area (Å²) in [6.45, 7) is 3.95. The molecule has 19 heavy (non-hydrogen) atoms. The van der Waals surface area contributed by atoms with Gasteiger partial charge in [0.1, 0.15) is 5.84 Å². The van der Waals surface area contributed by atoms with E-state index in [9.17, 15) is 0 Å². The second kappa shape index (κ2) is 9.55. The van der Waals surface area contributed by atoms with E-state index < -0.39 is 0 Å². The Bertz CT molecular complexity index is 370. The molecule has 4 nitrogen and oxygen atoms in total. The number of hydrogen-bond acceptors (Lipinski definition) is 4. The van der Waals surface area contributed by atoms with Crippen LogP contribution in [0.25, 0.3) is 0 Å². The number of hydrogen-bond donors (Lipinski definition) is 2. The molecule has 0 saturated carbocycles. The molecule has 0 fully saturated rings. The lowest BCUT2D eigenvalue weighted by Gasteiger charge is -2.24. The molecule has 106 valence electrons. The average Bonchev–Trinajstić information content (AvgIpc) is 2.47. The summed E-state index contributed by atoms with van der Waals surface area (Å²) >= 11 is 1.96. The van der Waals surface area contributed by atoms with Crippen molar-refractivity contribution in [3.05, 3.63) is 30.3 Å². The van der Waals surface area contributed by atoms with Crippen LogP contribution in [0.3, 0.4) is 0 Å². The number of nitrogens with zero attached hydrogens (tertiary/aromatic N) is 2. The lowest BCUT2D eigenvalue weighted by atomic mass is 10.2. The molecule has 1 aromatic rings. The van der Waals surface area contributed by atoms with E-state index >= 15 is 0 Å². The molecule has 0 atom stereocenters. The number of amidine groups is 1. The molecule has 0 aliphatic rings. The zero-order valence-corrected chi connectivity index (χ0v) is 12.3. The van der Waals surface area contributed by atoms with Crippen LogP contribution in [0.15, 0.2) is 35.5 Å². The second-order valence-corrected chi connectivity index (χ2v) is 5.61. The molecular formula is C14H23N3OS. The standard InChI is InChI=1S/C14H23N3OS/c1-2-19-12-6-10-17(11-9-14(15)16-18)13-7-4-3-5-8-13/h3-5,7-8,18H,2,6,9-12H2,1H3,(H2,15,16). The van der Waals surface area contributed by atoms with Crippen LogP contribution in [0.5, 0.6) is 0 Å². The fraction of sp³-hybridized carbons (Fsp3) is 0.500. The molecule has 0 saturated heterocycles. The van der Waals surface area contributed by atoms with Crippen molar-refractivity contribution in [3.63, 3.8) is 0 Å². The van der Waals surface area contributed by atoms with Gasteiger partial charge in [-0.3, -0.25) is 0 Å². The largest absolute Gasteiger partial charge is 0.409 e. The van der Waals surface area contributed by atoms with Crippen LogP contribution in [0.4, 0.5) is 5.69 Å². The van der Waals surface area contributed by atoms with Crippen molar-refractivity contribution in [2.45, 2.75) is 19.8 Å². The molecule has 0 amide bonds. The van der Waals surface area contributed by atoms with Crippen LogP contribution in [0.1, 0.15) is 19.8 Å². The smallest absolute Gasteiger partial charge is 0.140 e. The number of nitrogens with two attached hydrogens (primary N) is 1. The Morgan fingerprint density at radius 3 is 2.68 bits per heavy atom. The highest BCUT2D eigenvalue weighted by atomic mass is 32.2. The topological polar surface area (TPSA) is 61.8 Å². The van der Waals surface area contributed by atoms with Crippen molar-refractivity contribution in [2.24, 2.45) is 10.9 Å². The quantitative estimate of drug-likeness (QED) is 0.240. The van der Waals surface area contributed by atoms with Crippen LogP contribution < -0.4 is 10.6 Å². The van der Waals surface area contributed by atoms with E-state index in [2.05, 4.69) is 29.1 Å². The van der Waals surface area contributed by atoms with Gasteiger partial charge in [0.25, 0.3) is 0 Å². The monoisotopic (exact) mass is 281 g/mol. The van der Waals surface area contributed by atoms with E-state index in [4.69, 9.17) is 10.9 Å². The summed E-state index contributed by atoms with van der Waals surface area (Å²) in [6, 6.07) is 10.3. The van der Waals surface area contributed by atoms with E-state index in [0.29, 0.717) is 6.42 Å². The molecule has 1 aromatic carbocycles. The SMILES string of the molecule is CCSCCCN(CC/C(N)=N/O)c1ccccc1. The predicted molar refractivity (Wildman–Crippen MR) is 84.3 cm³/mol. The van der Waals surface area contributed by atoms with Gasteiger partial charge in [-0.25, -0.2) is 0 Å². The highest BCUT2D eigenvalue weighted by Crippen LogP contribution is 2.15. The van der Waals surface area contributed by atoms with Gasteiger partial charge in [-0.2, -0.15) is 11.8 Å². The first-order valence-electron chi connectivity index (χ1n) is 6.62. The van der Waals surface area contributed by atoms with Gasteiger partial charge >= 0.3 is 0 Å². The summed E-state index contributed by atoms with van der Waals surface area (Å²) in [5, 5.41) is 11.6. The molecule has 0 radical (unpaired) electrons. The minimum Gasteiger partial charge on any atom is -0.409 e. The normalized spacial score (nSPS) is 11.5. The minimum atomic E-state index is 0.281. The van der Waals surface area contributed by atoms with Gasteiger partial charge in [0.15, 0.2) is 0 Å². The Balaban J connectivity index is 2.52. The van der Waals surface area contributed by atoms with E-state index in [0.717, 1.165) is 25.3 Å². The van der Waals surface area contributed by atoms with E-state index in [1.165, 1.54) is 11.4 Å². The fourth-order valence-electron chi connectivity index (χ4n) is 1.81. The van der Waals surface area contributed by atoms with Crippen LogP contribution in [-0.4, -0.2) is 35.6 Å². The Kier molecular flexibility index (Phi) is 7.89. The highest BCUT2D eigenvalue weighted by molar-refractivity contribution is 7.99. The summed E-state index contributed by atoms with van der Waals surface area (Å²) in [6.07, 6.45) is 1.72. The number of benzene rings is 1. The van der Waals surface area contributed by atoms with E-state index in [1.54, 1.807) is 0 Å². The molecule has 0 aliphatic heterocycles. The van der Waals surface area contributed by atoms with Crippen molar-refractivity contribution in [2.75, 3.05) is 29.5 Å². The molecule has 0 unspecified atom stereocenters. The summed E-state index contributed by atoms with van der Waals surface area (Å²) in [4.78, 5) is 2.29. The third-order valence-electron chi connectivity index (χ3n) is 2.81. The summed E-state index contributed by atoms with van der Waals surface area (Å²) in [7, 11) is 0. The maximum absolute atomic E-state index is 8.61. The molecule has 5 heteroatoms. The average molecular weight is 281 g/mol. The molecule has 3 N–H and O–H groups in total. The summed E-state index contributed by atoms with van der Waals surface area (Å²) < 4.78 is 0. The summed E-state index contributed by atoms with van der Waals surface area (Å²) in [5.74, 6) is 2.61. The predicted octanol–water partition coefficient (Wildman–Crippen LogP) is 2.77. The number of thioether (sulfide) groups is 1. The van der Waals surface area contributed by atoms with Crippen molar-refractivity contribution in [1.82, 2.24) is 0 Å². The molecule has 0 aromatic heterocycles. The maximum atomic E-state index is 8.61. The Morgan fingerprint density at radius 2 is 2.05 bits per heavy atom. The molecule has 0 aliphatic carbocycles. The minimum absolute atomic E-state index is 0.281. The molecule has 1 rings (SSSR count). The van der Waals surface area contributed by atoms with E-state index in [-0.39, 0.29) is 5.84 Å². The number of oxime groups is 1. The van der Waals surface area contributed by atoms with Gasteiger partial charge in [0.2, 0.25) is 0 Å². The van der Waals surface area contributed by atoms with Crippen LogP contribution >= 0.6 is 11.8 Å². The first-order chi connectivity index (χ1) is 9.27. The number of anilines is 1. The van der Waals surface area contributed by atoms with Gasteiger partial charge in [-0.05, 0) is 30.1 Å². The van der Waals surface area contributed by atoms with Crippen molar-refractivity contribution in [1.29, 1.82) is 0 Å². The van der Waals surface area contributed by atoms with Gasteiger partial charge < -0.3 is 15.8 Å². The van der Waals surface area contributed by atoms with Crippen molar-refractivity contribution < 1.29 is 5.21 Å². The molecule has 0 bridgehead atoms. The second-order valence-electron chi connectivity index (χ2n) is 4.21. The van der Waals surface area contributed by atoms with Crippen LogP contribution in [0.2, 0.25) is 0 Å². The number of rotatable bonds is 9.